The molecule has 0 radical (unpaired) electrons. The van der Waals surface area contributed by atoms with Crippen LogP contribution in [-0.4, -0.2) is 62.7 Å². The van der Waals surface area contributed by atoms with Crippen molar-refractivity contribution in [2.45, 2.75) is 77.1 Å². The summed E-state index contributed by atoms with van der Waals surface area (Å²) < 4.78 is 24.5. The zero-order valence-electron chi connectivity index (χ0n) is 30.7. The van der Waals surface area contributed by atoms with Crippen LogP contribution in [-0.2, 0) is 41.3 Å². The van der Waals surface area contributed by atoms with Crippen molar-refractivity contribution in [3.63, 3.8) is 0 Å². The van der Waals surface area contributed by atoms with Crippen LogP contribution in [0.5, 0.6) is 0 Å². The average molecular weight is 716 g/mol. The van der Waals surface area contributed by atoms with Crippen LogP contribution in [0.4, 0.5) is 0 Å². The standard InChI is InChI=1S/C44H49NO6Si/c1-34(46)48-33-43-42(50-35(2)47)29-28-39(51-43)27-26-38(45(30-36-18-10-6-11-19-36)31-37-20-12-7-13-21-37)32-49-52(44(3,4)5,40-22-14-8-15-23-40)41-24-16-9-17-25-41/h6-25,28-29,38-39,42-43H,30-33H2,1-5H3/t38-,39?,42-,43+/m0/s1. The minimum Gasteiger partial charge on any atom is -0.463 e. The minimum absolute atomic E-state index is 0.0651. The van der Waals surface area contributed by atoms with Crippen molar-refractivity contribution in [1.82, 2.24) is 4.90 Å². The van der Waals surface area contributed by atoms with E-state index in [-0.39, 0.29) is 17.7 Å². The number of ether oxygens (including phenoxy) is 3. The molecule has 0 N–H and O–H groups in total. The maximum Gasteiger partial charge on any atom is 0.303 e. The van der Waals surface area contributed by atoms with Crippen molar-refractivity contribution in [1.29, 1.82) is 0 Å². The first-order valence-electron chi connectivity index (χ1n) is 17.8. The monoisotopic (exact) mass is 715 g/mol. The number of rotatable bonds is 13. The lowest BCUT2D eigenvalue weighted by atomic mass is 10.1. The van der Waals surface area contributed by atoms with E-state index in [1.54, 1.807) is 12.2 Å². The molecule has 1 aliphatic heterocycles. The van der Waals surface area contributed by atoms with Crippen LogP contribution in [0, 0.1) is 11.8 Å². The Morgan fingerprint density at radius 3 is 1.71 bits per heavy atom. The number of hydrogen-bond donors (Lipinski definition) is 0. The van der Waals surface area contributed by atoms with Gasteiger partial charge in [-0.1, -0.05) is 154 Å². The number of esters is 2. The van der Waals surface area contributed by atoms with Gasteiger partial charge in [0.05, 0.1) is 12.6 Å². The van der Waals surface area contributed by atoms with Gasteiger partial charge in [-0.15, -0.1) is 0 Å². The average Bonchev–Trinajstić information content (AvgIpc) is 3.13. The summed E-state index contributed by atoms with van der Waals surface area (Å²) in [6, 6.07) is 41.7. The van der Waals surface area contributed by atoms with Gasteiger partial charge < -0.3 is 18.6 Å². The van der Waals surface area contributed by atoms with Gasteiger partial charge in [-0.05, 0) is 38.7 Å². The van der Waals surface area contributed by atoms with E-state index in [9.17, 15) is 9.59 Å². The molecule has 0 saturated heterocycles. The lowest BCUT2D eigenvalue weighted by molar-refractivity contribution is -0.161. The van der Waals surface area contributed by atoms with Crippen LogP contribution < -0.4 is 10.4 Å². The van der Waals surface area contributed by atoms with E-state index in [0.29, 0.717) is 19.7 Å². The lowest BCUT2D eigenvalue weighted by Crippen LogP contribution is -2.67. The summed E-state index contributed by atoms with van der Waals surface area (Å²) in [5.74, 6) is 6.06. The van der Waals surface area contributed by atoms with Crippen LogP contribution >= 0.6 is 0 Å². The summed E-state index contributed by atoms with van der Waals surface area (Å²) in [7, 11) is -2.90. The van der Waals surface area contributed by atoms with Gasteiger partial charge >= 0.3 is 11.9 Å². The molecule has 0 fully saturated rings. The molecule has 4 atom stereocenters. The second-order valence-electron chi connectivity index (χ2n) is 14.0. The molecule has 0 aromatic heterocycles. The third-order valence-corrected chi connectivity index (χ3v) is 14.1. The molecule has 0 saturated carbocycles. The van der Waals surface area contributed by atoms with Crippen LogP contribution in [0.15, 0.2) is 133 Å². The van der Waals surface area contributed by atoms with E-state index in [1.807, 2.05) is 24.3 Å². The maximum atomic E-state index is 11.8. The van der Waals surface area contributed by atoms with Crippen molar-refractivity contribution < 1.29 is 28.2 Å². The highest BCUT2D eigenvalue weighted by molar-refractivity contribution is 6.99. The minimum atomic E-state index is -2.90. The smallest absolute Gasteiger partial charge is 0.303 e. The van der Waals surface area contributed by atoms with Gasteiger partial charge in [0.2, 0.25) is 0 Å². The van der Waals surface area contributed by atoms with E-state index in [1.165, 1.54) is 24.2 Å². The first-order chi connectivity index (χ1) is 25.0. The van der Waals surface area contributed by atoms with Crippen LogP contribution in [0.25, 0.3) is 0 Å². The van der Waals surface area contributed by atoms with Gasteiger partial charge in [0.25, 0.3) is 8.32 Å². The fourth-order valence-electron chi connectivity index (χ4n) is 6.66. The molecule has 0 amide bonds. The van der Waals surface area contributed by atoms with Crippen LogP contribution in [0.1, 0.15) is 45.7 Å². The highest BCUT2D eigenvalue weighted by Crippen LogP contribution is 2.37. The summed E-state index contributed by atoms with van der Waals surface area (Å²) in [4.78, 5) is 25.9. The molecule has 1 unspecified atom stereocenters. The van der Waals surface area contributed by atoms with E-state index in [4.69, 9.17) is 18.6 Å². The number of benzene rings is 4. The third kappa shape index (κ3) is 10.2. The summed E-state index contributed by atoms with van der Waals surface area (Å²) in [6.45, 7) is 11.1. The van der Waals surface area contributed by atoms with E-state index in [0.717, 1.165) is 11.1 Å². The van der Waals surface area contributed by atoms with Gasteiger partial charge in [0.1, 0.15) is 24.9 Å². The normalized spacial score (nSPS) is 17.8. The van der Waals surface area contributed by atoms with Gasteiger partial charge in [-0.2, -0.15) is 0 Å². The molecule has 5 rings (SSSR count). The number of nitrogens with zero attached hydrogens (tertiary/aromatic N) is 1. The molecular weight excluding hydrogens is 667 g/mol. The second-order valence-corrected chi connectivity index (χ2v) is 18.3. The Hall–Kier alpha value is -4.78. The first-order valence-corrected chi connectivity index (χ1v) is 19.7. The third-order valence-electron chi connectivity index (χ3n) is 9.08. The molecule has 0 bridgehead atoms. The molecule has 7 nitrogen and oxygen atoms in total. The zero-order valence-corrected chi connectivity index (χ0v) is 31.7. The van der Waals surface area contributed by atoms with Crippen molar-refractivity contribution in [2.75, 3.05) is 13.2 Å². The van der Waals surface area contributed by atoms with E-state index < -0.39 is 38.6 Å². The van der Waals surface area contributed by atoms with Crippen LogP contribution in [0.2, 0.25) is 5.04 Å². The second kappa shape index (κ2) is 18.1. The van der Waals surface area contributed by atoms with Crippen molar-refractivity contribution in [3.05, 3.63) is 145 Å². The Kier molecular flexibility index (Phi) is 13.4. The fraction of sp³-hybridized carbons (Fsp3) is 0.318. The quantitative estimate of drug-likeness (QED) is 0.0682. The zero-order chi connectivity index (χ0) is 37.0. The molecule has 4 aromatic rings. The molecule has 270 valence electrons. The predicted octanol–water partition coefficient (Wildman–Crippen LogP) is 6.46. The van der Waals surface area contributed by atoms with E-state index in [2.05, 4.69) is 135 Å². The van der Waals surface area contributed by atoms with Gasteiger partial charge in [-0.25, -0.2) is 0 Å². The van der Waals surface area contributed by atoms with Crippen molar-refractivity contribution >= 4 is 30.6 Å². The molecular formula is C44H49NO6Si. The van der Waals surface area contributed by atoms with Gasteiger partial charge in [0, 0.05) is 26.9 Å². The van der Waals surface area contributed by atoms with Gasteiger partial charge in [0.15, 0.2) is 0 Å². The van der Waals surface area contributed by atoms with Crippen molar-refractivity contribution in [2.24, 2.45) is 0 Å². The predicted molar refractivity (Wildman–Crippen MR) is 207 cm³/mol. The Morgan fingerprint density at radius 2 is 1.25 bits per heavy atom. The maximum absolute atomic E-state index is 11.8. The Labute approximate surface area is 309 Å². The summed E-state index contributed by atoms with van der Waals surface area (Å²) in [5, 5.41) is 2.17. The highest BCUT2D eigenvalue weighted by atomic mass is 28.4. The molecule has 0 spiro atoms. The fourth-order valence-corrected chi connectivity index (χ4v) is 11.2. The molecule has 8 heteroatoms. The number of hydrogen-bond acceptors (Lipinski definition) is 7. The summed E-state index contributed by atoms with van der Waals surface area (Å²) >= 11 is 0. The highest BCUT2D eigenvalue weighted by Gasteiger charge is 2.50. The number of carbonyl (C=O) groups is 2. The summed E-state index contributed by atoms with van der Waals surface area (Å²) in [5.41, 5.74) is 2.32. The topological polar surface area (TPSA) is 74.3 Å². The molecule has 0 aliphatic carbocycles. The Balaban J connectivity index is 1.57. The first kappa shape index (κ1) is 38.4. The van der Waals surface area contributed by atoms with Gasteiger partial charge in [-0.3, -0.25) is 14.5 Å². The molecule has 52 heavy (non-hydrogen) atoms. The largest absolute Gasteiger partial charge is 0.463 e. The van der Waals surface area contributed by atoms with E-state index >= 15 is 0 Å². The summed E-state index contributed by atoms with van der Waals surface area (Å²) in [6.07, 6.45) is 1.53. The van der Waals surface area contributed by atoms with Crippen molar-refractivity contribution in [3.8, 4) is 11.8 Å². The van der Waals surface area contributed by atoms with Crippen LogP contribution in [0.3, 0.4) is 0 Å². The molecule has 4 aromatic carbocycles. The Morgan fingerprint density at radius 1 is 0.750 bits per heavy atom. The Bertz CT molecular complexity index is 1740. The molecule has 1 heterocycles. The number of carbonyl (C=O) groups excluding carboxylic acids is 2. The molecule has 1 aliphatic rings. The SMILES string of the molecule is CC(=O)OC[C@H]1OC(C#C[C@@H](CO[Si](c2ccccc2)(c2ccccc2)C(C)(C)C)N(Cc2ccccc2)Cc2ccccc2)C=C[C@@H]1OC(C)=O. The lowest BCUT2D eigenvalue weighted by Gasteiger charge is -2.44.